The van der Waals surface area contributed by atoms with Crippen LogP contribution in [0.15, 0.2) is 23.1 Å². The molecule has 1 aliphatic carbocycles. The molecule has 0 bridgehead atoms. The van der Waals surface area contributed by atoms with Crippen molar-refractivity contribution in [1.82, 2.24) is 9.62 Å². The first-order chi connectivity index (χ1) is 9.46. The molecule has 112 valence electrons. The molecule has 0 spiro atoms. The van der Waals surface area contributed by atoms with Crippen LogP contribution in [-0.2, 0) is 16.6 Å². The molecule has 1 aromatic carbocycles. The van der Waals surface area contributed by atoms with Crippen molar-refractivity contribution in [3.05, 3.63) is 29.3 Å². The molecule has 0 unspecified atom stereocenters. The predicted octanol–water partition coefficient (Wildman–Crippen LogP) is 2.14. The van der Waals surface area contributed by atoms with Crippen LogP contribution >= 0.6 is 0 Å². The van der Waals surface area contributed by atoms with Gasteiger partial charge in [0.1, 0.15) is 0 Å². The topological polar surface area (TPSA) is 49.4 Å². The number of hydrogen-bond donors (Lipinski definition) is 1. The van der Waals surface area contributed by atoms with Gasteiger partial charge in [-0.15, -0.1) is 0 Å². The quantitative estimate of drug-likeness (QED) is 0.838. The van der Waals surface area contributed by atoms with Gasteiger partial charge in [-0.1, -0.05) is 19.1 Å². The normalized spacial score (nSPS) is 15.8. The van der Waals surface area contributed by atoms with Crippen LogP contribution in [0.2, 0.25) is 0 Å². The Kier molecular flexibility index (Phi) is 4.83. The fourth-order valence-corrected chi connectivity index (χ4v) is 3.83. The van der Waals surface area contributed by atoms with Crippen LogP contribution in [0.5, 0.6) is 0 Å². The van der Waals surface area contributed by atoms with E-state index in [0.717, 1.165) is 30.5 Å². The second-order valence-corrected chi connectivity index (χ2v) is 7.56. The van der Waals surface area contributed by atoms with Crippen LogP contribution in [0, 0.1) is 12.8 Å². The van der Waals surface area contributed by atoms with Crippen molar-refractivity contribution < 1.29 is 8.42 Å². The summed E-state index contributed by atoms with van der Waals surface area (Å²) in [7, 11) is -1.68. The van der Waals surface area contributed by atoms with E-state index in [0.29, 0.717) is 23.9 Å². The molecule has 0 radical (unpaired) electrons. The van der Waals surface area contributed by atoms with Crippen LogP contribution in [0.1, 0.15) is 30.9 Å². The Hall–Kier alpha value is -0.910. The number of benzene rings is 1. The van der Waals surface area contributed by atoms with E-state index in [-0.39, 0.29) is 0 Å². The molecule has 5 heteroatoms. The molecule has 20 heavy (non-hydrogen) atoms. The highest BCUT2D eigenvalue weighted by Crippen LogP contribution is 2.31. The van der Waals surface area contributed by atoms with Crippen LogP contribution < -0.4 is 5.32 Å². The van der Waals surface area contributed by atoms with Gasteiger partial charge in [-0.25, -0.2) is 12.7 Å². The van der Waals surface area contributed by atoms with E-state index in [2.05, 4.69) is 5.32 Å². The zero-order valence-electron chi connectivity index (χ0n) is 12.5. The van der Waals surface area contributed by atoms with E-state index in [4.69, 9.17) is 0 Å². The summed E-state index contributed by atoms with van der Waals surface area (Å²) in [6, 6.07) is 5.53. The van der Waals surface area contributed by atoms with Gasteiger partial charge in [0, 0.05) is 20.1 Å². The maximum absolute atomic E-state index is 12.6. The molecule has 1 aliphatic rings. The van der Waals surface area contributed by atoms with E-state index in [1.54, 1.807) is 13.1 Å². The first kappa shape index (κ1) is 15.5. The smallest absolute Gasteiger partial charge is 0.243 e. The van der Waals surface area contributed by atoms with Crippen LogP contribution in [0.3, 0.4) is 0 Å². The largest absolute Gasteiger partial charge is 0.313 e. The molecule has 1 N–H and O–H groups in total. The molecule has 1 fully saturated rings. The Labute approximate surface area is 122 Å². The van der Waals surface area contributed by atoms with Crippen molar-refractivity contribution in [2.75, 3.05) is 20.1 Å². The lowest BCUT2D eigenvalue weighted by atomic mass is 10.1. The van der Waals surface area contributed by atoms with Gasteiger partial charge in [0.05, 0.1) is 4.90 Å². The number of hydrogen-bond acceptors (Lipinski definition) is 3. The van der Waals surface area contributed by atoms with Crippen molar-refractivity contribution in [2.45, 2.75) is 38.1 Å². The number of nitrogens with one attached hydrogen (secondary N) is 1. The molecule has 1 aromatic rings. The maximum Gasteiger partial charge on any atom is 0.243 e. The fourth-order valence-electron chi connectivity index (χ4n) is 2.32. The summed E-state index contributed by atoms with van der Waals surface area (Å²) in [6.07, 6.45) is 2.30. The second kappa shape index (κ2) is 6.24. The molecule has 0 heterocycles. The third-order valence-corrected chi connectivity index (χ3v) is 5.83. The Balaban J connectivity index is 2.25. The predicted molar refractivity (Wildman–Crippen MR) is 81.1 cm³/mol. The van der Waals surface area contributed by atoms with Gasteiger partial charge < -0.3 is 5.32 Å². The van der Waals surface area contributed by atoms with Crippen molar-refractivity contribution in [1.29, 1.82) is 0 Å². The summed E-state index contributed by atoms with van der Waals surface area (Å²) in [4.78, 5) is 0.441. The minimum Gasteiger partial charge on any atom is -0.313 e. The molecular formula is C15H24N2O2S. The van der Waals surface area contributed by atoms with Crippen LogP contribution in [0.4, 0.5) is 0 Å². The van der Waals surface area contributed by atoms with Crippen LogP contribution in [0.25, 0.3) is 0 Å². The Morgan fingerprint density at radius 2 is 2.05 bits per heavy atom. The molecule has 0 amide bonds. The highest BCUT2D eigenvalue weighted by atomic mass is 32.2. The minimum absolute atomic E-state index is 0.441. The SMILES string of the molecule is CCNCc1cccc(S(=O)(=O)N(C)CC2CC2)c1C. The van der Waals surface area contributed by atoms with Gasteiger partial charge in [-0.3, -0.25) is 0 Å². The van der Waals surface area contributed by atoms with Gasteiger partial charge in [0.2, 0.25) is 10.0 Å². The fraction of sp³-hybridized carbons (Fsp3) is 0.600. The molecular weight excluding hydrogens is 272 g/mol. The minimum atomic E-state index is -3.37. The summed E-state index contributed by atoms with van der Waals surface area (Å²) in [5, 5.41) is 3.25. The molecule has 0 saturated heterocycles. The average Bonchev–Trinajstić information content (AvgIpc) is 3.21. The maximum atomic E-state index is 12.6. The van der Waals surface area contributed by atoms with E-state index in [1.807, 2.05) is 26.0 Å². The van der Waals surface area contributed by atoms with Crippen molar-refractivity contribution >= 4 is 10.0 Å². The van der Waals surface area contributed by atoms with Crippen molar-refractivity contribution in [2.24, 2.45) is 5.92 Å². The Morgan fingerprint density at radius 1 is 1.35 bits per heavy atom. The van der Waals surface area contributed by atoms with Gasteiger partial charge in [-0.05, 0) is 49.4 Å². The lowest BCUT2D eigenvalue weighted by Gasteiger charge is -2.19. The lowest BCUT2D eigenvalue weighted by Crippen LogP contribution is -2.29. The molecule has 4 nitrogen and oxygen atoms in total. The number of sulfonamides is 1. The standard InChI is InChI=1S/C15H24N2O2S/c1-4-16-10-14-6-5-7-15(12(14)2)20(18,19)17(3)11-13-8-9-13/h5-7,13,16H,4,8-11H2,1-3H3. The van der Waals surface area contributed by atoms with E-state index in [1.165, 1.54) is 4.31 Å². The molecule has 0 aliphatic heterocycles. The molecule has 0 aromatic heterocycles. The molecule has 0 atom stereocenters. The number of rotatable bonds is 7. The second-order valence-electron chi connectivity index (χ2n) is 5.55. The zero-order valence-corrected chi connectivity index (χ0v) is 13.3. The highest BCUT2D eigenvalue weighted by Gasteiger charge is 2.30. The lowest BCUT2D eigenvalue weighted by molar-refractivity contribution is 0.452. The summed E-state index contributed by atoms with van der Waals surface area (Å²) in [5.41, 5.74) is 1.91. The summed E-state index contributed by atoms with van der Waals surface area (Å²) >= 11 is 0. The van der Waals surface area contributed by atoms with Crippen molar-refractivity contribution in [3.63, 3.8) is 0 Å². The first-order valence-corrected chi connectivity index (χ1v) is 8.66. The highest BCUT2D eigenvalue weighted by molar-refractivity contribution is 7.89. The van der Waals surface area contributed by atoms with Gasteiger partial charge in [-0.2, -0.15) is 0 Å². The third-order valence-electron chi connectivity index (χ3n) is 3.86. The molecule has 2 rings (SSSR count). The summed E-state index contributed by atoms with van der Waals surface area (Å²) < 4.78 is 26.8. The van der Waals surface area contributed by atoms with E-state index >= 15 is 0 Å². The third kappa shape index (κ3) is 3.40. The van der Waals surface area contributed by atoms with Gasteiger partial charge in [0.25, 0.3) is 0 Å². The number of nitrogens with zero attached hydrogens (tertiary/aromatic N) is 1. The Bertz CT molecular complexity index is 565. The van der Waals surface area contributed by atoms with Gasteiger partial charge >= 0.3 is 0 Å². The summed E-state index contributed by atoms with van der Waals surface area (Å²) in [6.45, 7) is 6.15. The van der Waals surface area contributed by atoms with E-state index < -0.39 is 10.0 Å². The first-order valence-electron chi connectivity index (χ1n) is 7.22. The molecule has 1 saturated carbocycles. The van der Waals surface area contributed by atoms with Crippen LogP contribution in [-0.4, -0.2) is 32.9 Å². The monoisotopic (exact) mass is 296 g/mol. The zero-order chi connectivity index (χ0) is 14.8. The van der Waals surface area contributed by atoms with E-state index in [9.17, 15) is 8.42 Å². The average molecular weight is 296 g/mol. The summed E-state index contributed by atoms with van der Waals surface area (Å²) in [5.74, 6) is 0.556. The van der Waals surface area contributed by atoms with Crippen molar-refractivity contribution in [3.8, 4) is 0 Å². The van der Waals surface area contributed by atoms with Gasteiger partial charge in [0.15, 0.2) is 0 Å². The Morgan fingerprint density at radius 3 is 2.65 bits per heavy atom.